The summed E-state index contributed by atoms with van der Waals surface area (Å²) in [7, 11) is 2.94. The van der Waals surface area contributed by atoms with Gasteiger partial charge in [-0.2, -0.15) is 0 Å². The molecule has 4 nitrogen and oxygen atoms in total. The summed E-state index contributed by atoms with van der Waals surface area (Å²) in [5, 5.41) is 0. The molecule has 1 unspecified atom stereocenters. The summed E-state index contributed by atoms with van der Waals surface area (Å²) in [4.78, 5) is 15.7. The van der Waals surface area contributed by atoms with Crippen molar-refractivity contribution in [3.05, 3.63) is 24.0 Å². The van der Waals surface area contributed by atoms with Gasteiger partial charge in [-0.1, -0.05) is 6.92 Å². The first-order valence-corrected chi connectivity index (χ1v) is 4.81. The Labute approximate surface area is 89.2 Å². The molecule has 0 spiro atoms. The maximum absolute atomic E-state index is 11.5. The number of ether oxygens (including phenoxy) is 2. The van der Waals surface area contributed by atoms with E-state index in [0.29, 0.717) is 17.9 Å². The Morgan fingerprint density at radius 3 is 2.80 bits per heavy atom. The van der Waals surface area contributed by atoms with Crippen LogP contribution in [0, 0.1) is 0 Å². The molecule has 15 heavy (non-hydrogen) atoms. The highest BCUT2D eigenvalue weighted by Gasteiger charge is 2.23. The predicted octanol–water partition coefficient (Wildman–Crippen LogP) is 1.76. The van der Waals surface area contributed by atoms with Crippen LogP contribution in [0.25, 0.3) is 0 Å². The topological polar surface area (TPSA) is 48.4 Å². The normalized spacial score (nSPS) is 11.9. The molecule has 0 amide bonds. The van der Waals surface area contributed by atoms with Crippen molar-refractivity contribution in [2.75, 3.05) is 14.2 Å². The van der Waals surface area contributed by atoms with E-state index in [1.807, 2.05) is 6.92 Å². The van der Waals surface area contributed by atoms with E-state index in [1.54, 1.807) is 25.4 Å². The van der Waals surface area contributed by atoms with Crippen molar-refractivity contribution >= 4 is 5.97 Å². The molecular formula is C11H15NO3. The van der Waals surface area contributed by atoms with Gasteiger partial charge in [-0.3, -0.25) is 9.78 Å². The fourth-order valence-corrected chi connectivity index (χ4v) is 1.45. The molecule has 0 aliphatic heterocycles. The lowest BCUT2D eigenvalue weighted by Gasteiger charge is -2.14. The van der Waals surface area contributed by atoms with E-state index in [0.717, 1.165) is 0 Å². The molecule has 0 radical (unpaired) electrons. The summed E-state index contributed by atoms with van der Waals surface area (Å²) in [6, 6.07) is 3.56. The number of methoxy groups -OCH3 is 2. The average molecular weight is 209 g/mol. The second-order valence-electron chi connectivity index (χ2n) is 3.07. The van der Waals surface area contributed by atoms with Crippen LogP contribution >= 0.6 is 0 Å². The minimum Gasteiger partial charge on any atom is -0.495 e. The number of hydrogen-bond acceptors (Lipinski definition) is 4. The van der Waals surface area contributed by atoms with Crippen LogP contribution in [0.15, 0.2) is 18.3 Å². The summed E-state index contributed by atoms with van der Waals surface area (Å²) in [5.41, 5.74) is 0.634. The molecular weight excluding hydrogens is 194 g/mol. The molecule has 4 heteroatoms. The van der Waals surface area contributed by atoms with Gasteiger partial charge in [0.15, 0.2) is 0 Å². The maximum Gasteiger partial charge on any atom is 0.314 e. The SMILES string of the molecule is CCC(C(=O)OC)c1ncccc1OC. The summed E-state index contributed by atoms with van der Waals surface area (Å²) in [5.74, 6) is -0.0181. The standard InChI is InChI=1S/C11H15NO3/c1-4-8(11(13)15-3)10-9(14-2)6-5-7-12-10/h5-8H,4H2,1-3H3. The van der Waals surface area contributed by atoms with Crippen molar-refractivity contribution in [2.24, 2.45) is 0 Å². The lowest BCUT2D eigenvalue weighted by molar-refractivity contribution is -0.142. The highest BCUT2D eigenvalue weighted by atomic mass is 16.5. The molecule has 0 bridgehead atoms. The van der Waals surface area contributed by atoms with Crippen molar-refractivity contribution in [1.29, 1.82) is 0 Å². The van der Waals surface area contributed by atoms with Crippen molar-refractivity contribution in [1.82, 2.24) is 4.98 Å². The highest BCUT2D eigenvalue weighted by molar-refractivity contribution is 5.78. The van der Waals surface area contributed by atoms with E-state index >= 15 is 0 Å². The summed E-state index contributed by atoms with van der Waals surface area (Å²) in [6.07, 6.45) is 2.28. The number of esters is 1. The van der Waals surface area contributed by atoms with Gasteiger partial charge in [-0.05, 0) is 18.6 Å². The number of carbonyl (C=O) groups excluding carboxylic acids is 1. The molecule has 82 valence electrons. The van der Waals surface area contributed by atoms with Crippen LogP contribution in [0.3, 0.4) is 0 Å². The molecule has 0 aliphatic carbocycles. The van der Waals surface area contributed by atoms with Crippen LogP contribution in [0.5, 0.6) is 5.75 Å². The minimum absolute atomic E-state index is 0.283. The first kappa shape index (κ1) is 11.5. The van der Waals surface area contributed by atoms with Crippen LogP contribution in [0.2, 0.25) is 0 Å². The van der Waals surface area contributed by atoms with Crippen LogP contribution in [-0.2, 0) is 9.53 Å². The Balaban J connectivity index is 3.05. The zero-order chi connectivity index (χ0) is 11.3. The monoisotopic (exact) mass is 209 g/mol. The Hall–Kier alpha value is -1.58. The zero-order valence-corrected chi connectivity index (χ0v) is 9.19. The van der Waals surface area contributed by atoms with Gasteiger partial charge in [0.05, 0.1) is 19.9 Å². The van der Waals surface area contributed by atoms with E-state index in [2.05, 4.69) is 4.98 Å². The number of pyridine rings is 1. The van der Waals surface area contributed by atoms with Gasteiger partial charge in [0.2, 0.25) is 0 Å². The molecule has 1 heterocycles. The van der Waals surface area contributed by atoms with Crippen molar-refractivity contribution in [2.45, 2.75) is 19.3 Å². The number of aromatic nitrogens is 1. The zero-order valence-electron chi connectivity index (χ0n) is 9.19. The molecule has 0 saturated carbocycles. The first-order chi connectivity index (χ1) is 7.24. The van der Waals surface area contributed by atoms with Gasteiger partial charge >= 0.3 is 5.97 Å². The number of rotatable bonds is 4. The average Bonchev–Trinajstić information content (AvgIpc) is 2.30. The molecule has 0 aliphatic rings. The molecule has 0 fully saturated rings. The molecule has 1 rings (SSSR count). The van der Waals surface area contributed by atoms with E-state index in [1.165, 1.54) is 7.11 Å². The quantitative estimate of drug-likeness (QED) is 0.709. The number of carbonyl (C=O) groups is 1. The van der Waals surface area contributed by atoms with Gasteiger partial charge in [0.25, 0.3) is 0 Å². The summed E-state index contributed by atoms with van der Waals surface area (Å²) >= 11 is 0. The predicted molar refractivity (Wildman–Crippen MR) is 55.8 cm³/mol. The summed E-state index contributed by atoms with van der Waals surface area (Å²) in [6.45, 7) is 1.91. The molecule has 0 saturated heterocycles. The van der Waals surface area contributed by atoms with Crippen molar-refractivity contribution in [3.63, 3.8) is 0 Å². The Bertz CT molecular complexity index is 338. The van der Waals surface area contributed by atoms with E-state index in [9.17, 15) is 4.79 Å². The highest BCUT2D eigenvalue weighted by Crippen LogP contribution is 2.27. The molecule has 1 aromatic rings. The second-order valence-corrected chi connectivity index (χ2v) is 3.07. The Kier molecular flexibility index (Phi) is 4.09. The van der Waals surface area contributed by atoms with E-state index in [-0.39, 0.29) is 11.9 Å². The Morgan fingerprint density at radius 1 is 1.53 bits per heavy atom. The third kappa shape index (κ3) is 2.46. The van der Waals surface area contributed by atoms with Crippen LogP contribution in [0.4, 0.5) is 0 Å². The van der Waals surface area contributed by atoms with Gasteiger partial charge in [0, 0.05) is 6.20 Å². The number of nitrogens with zero attached hydrogens (tertiary/aromatic N) is 1. The van der Waals surface area contributed by atoms with Crippen LogP contribution in [-0.4, -0.2) is 25.2 Å². The minimum atomic E-state index is -0.355. The van der Waals surface area contributed by atoms with Gasteiger partial charge in [-0.25, -0.2) is 0 Å². The first-order valence-electron chi connectivity index (χ1n) is 4.81. The van der Waals surface area contributed by atoms with Gasteiger partial charge in [0.1, 0.15) is 11.7 Å². The largest absolute Gasteiger partial charge is 0.495 e. The smallest absolute Gasteiger partial charge is 0.314 e. The lowest BCUT2D eigenvalue weighted by atomic mass is 10.0. The second kappa shape index (κ2) is 5.34. The molecule has 0 aromatic carbocycles. The third-order valence-corrected chi connectivity index (χ3v) is 2.24. The number of hydrogen-bond donors (Lipinski definition) is 0. The van der Waals surface area contributed by atoms with E-state index < -0.39 is 0 Å². The van der Waals surface area contributed by atoms with Gasteiger partial charge in [-0.15, -0.1) is 0 Å². The molecule has 1 aromatic heterocycles. The Morgan fingerprint density at radius 2 is 2.27 bits per heavy atom. The van der Waals surface area contributed by atoms with Crippen molar-refractivity contribution < 1.29 is 14.3 Å². The van der Waals surface area contributed by atoms with Crippen molar-refractivity contribution in [3.8, 4) is 5.75 Å². The van der Waals surface area contributed by atoms with Gasteiger partial charge < -0.3 is 9.47 Å². The maximum atomic E-state index is 11.5. The fraction of sp³-hybridized carbons (Fsp3) is 0.455. The van der Waals surface area contributed by atoms with Crippen LogP contribution in [0.1, 0.15) is 25.0 Å². The van der Waals surface area contributed by atoms with E-state index in [4.69, 9.17) is 9.47 Å². The third-order valence-electron chi connectivity index (χ3n) is 2.24. The molecule has 0 N–H and O–H groups in total. The fourth-order valence-electron chi connectivity index (χ4n) is 1.45. The lowest BCUT2D eigenvalue weighted by Crippen LogP contribution is -2.15. The summed E-state index contributed by atoms with van der Waals surface area (Å²) < 4.78 is 9.88. The molecule has 1 atom stereocenters. The van der Waals surface area contributed by atoms with Crippen LogP contribution < -0.4 is 4.74 Å².